The predicted molar refractivity (Wildman–Crippen MR) is 97.4 cm³/mol. The van der Waals surface area contributed by atoms with E-state index in [9.17, 15) is 14.4 Å². The molecule has 0 unspecified atom stereocenters. The van der Waals surface area contributed by atoms with E-state index in [0.29, 0.717) is 16.1 Å². The number of nitrogens with one attached hydrogen (secondary N) is 2. The lowest BCUT2D eigenvalue weighted by Crippen LogP contribution is -2.31. The Morgan fingerprint density at radius 3 is 2.48 bits per heavy atom. The number of aryl methyl sites for hydroxylation is 2. The van der Waals surface area contributed by atoms with Crippen molar-refractivity contribution in [1.29, 1.82) is 0 Å². The zero-order valence-corrected chi connectivity index (χ0v) is 15.4. The number of hydrogen-bond donors (Lipinski definition) is 2. The van der Waals surface area contributed by atoms with Crippen molar-refractivity contribution < 1.29 is 19.1 Å². The van der Waals surface area contributed by atoms with Gasteiger partial charge in [-0.25, -0.2) is 4.79 Å². The molecule has 0 bridgehead atoms. The zero-order chi connectivity index (χ0) is 18.6. The fourth-order valence-electron chi connectivity index (χ4n) is 2.27. The van der Waals surface area contributed by atoms with Crippen LogP contribution in [-0.4, -0.2) is 24.5 Å². The minimum atomic E-state index is -0.813. The van der Waals surface area contributed by atoms with Gasteiger partial charge >= 0.3 is 6.09 Å². The Morgan fingerprint density at radius 2 is 1.84 bits per heavy atom. The quantitative estimate of drug-likeness (QED) is 0.868. The summed E-state index contributed by atoms with van der Waals surface area (Å²) in [6, 6.07) is 7.16. The van der Waals surface area contributed by atoms with Gasteiger partial charge in [0.25, 0.3) is 11.8 Å². The van der Waals surface area contributed by atoms with Gasteiger partial charge in [0, 0.05) is 10.4 Å². The summed E-state index contributed by atoms with van der Waals surface area (Å²) in [6.07, 6.45) is -0.813. The first-order chi connectivity index (χ1) is 11.8. The molecule has 3 amide bonds. The highest BCUT2D eigenvalue weighted by Crippen LogP contribution is 2.32. The monoisotopic (exact) mass is 360 g/mol. The van der Waals surface area contributed by atoms with Crippen LogP contribution in [0.25, 0.3) is 0 Å². The van der Waals surface area contributed by atoms with Gasteiger partial charge in [0.05, 0.1) is 12.2 Å². The van der Waals surface area contributed by atoms with Gasteiger partial charge in [0.2, 0.25) is 0 Å². The lowest BCUT2D eigenvalue weighted by atomic mass is 10.1. The topological polar surface area (TPSA) is 84.5 Å². The van der Waals surface area contributed by atoms with Crippen LogP contribution in [0.3, 0.4) is 0 Å². The maximum absolute atomic E-state index is 12.5. The van der Waals surface area contributed by atoms with Crippen LogP contribution in [0.5, 0.6) is 0 Å². The third-order valence-electron chi connectivity index (χ3n) is 3.61. The Labute approximate surface area is 150 Å². The van der Waals surface area contributed by atoms with Gasteiger partial charge < -0.3 is 10.1 Å². The molecule has 0 spiro atoms. The van der Waals surface area contributed by atoms with Crippen LogP contribution in [0, 0.1) is 20.8 Å². The Bertz CT molecular complexity index is 826. The lowest BCUT2D eigenvalue weighted by Gasteiger charge is -2.08. The van der Waals surface area contributed by atoms with E-state index in [0.717, 1.165) is 10.4 Å². The molecule has 2 N–H and O–H groups in total. The number of alkyl carbamates (subject to hydrolysis) is 1. The SMILES string of the molecule is CCOC(=O)NC(=O)c1c(NC(=O)c2cccc(C)c2)sc(C)c1C. The minimum absolute atomic E-state index is 0.164. The molecule has 0 saturated heterocycles. The largest absolute Gasteiger partial charge is 0.450 e. The molecule has 1 aromatic carbocycles. The molecule has 6 nitrogen and oxygen atoms in total. The average molecular weight is 360 g/mol. The summed E-state index contributed by atoms with van der Waals surface area (Å²) in [5, 5.41) is 5.34. The molecule has 0 atom stereocenters. The molecule has 1 aromatic heterocycles. The van der Waals surface area contributed by atoms with Gasteiger partial charge in [0.1, 0.15) is 5.00 Å². The number of carbonyl (C=O) groups is 3. The number of carbonyl (C=O) groups excluding carboxylic acids is 3. The van der Waals surface area contributed by atoms with Crippen molar-refractivity contribution in [1.82, 2.24) is 5.32 Å². The van der Waals surface area contributed by atoms with Crippen LogP contribution >= 0.6 is 11.3 Å². The third-order valence-corrected chi connectivity index (χ3v) is 4.73. The van der Waals surface area contributed by atoms with Gasteiger partial charge in [-0.2, -0.15) is 0 Å². The van der Waals surface area contributed by atoms with Gasteiger partial charge in [-0.1, -0.05) is 17.7 Å². The van der Waals surface area contributed by atoms with Crippen molar-refractivity contribution >= 4 is 34.2 Å². The maximum Gasteiger partial charge on any atom is 0.414 e. The molecule has 2 aromatic rings. The number of amides is 3. The van der Waals surface area contributed by atoms with Crippen molar-refractivity contribution in [3.8, 4) is 0 Å². The highest BCUT2D eigenvalue weighted by atomic mass is 32.1. The zero-order valence-electron chi connectivity index (χ0n) is 14.6. The first-order valence-corrected chi connectivity index (χ1v) is 8.61. The van der Waals surface area contributed by atoms with Crippen molar-refractivity contribution in [2.24, 2.45) is 0 Å². The summed E-state index contributed by atoms with van der Waals surface area (Å²) < 4.78 is 4.73. The van der Waals surface area contributed by atoms with Crippen molar-refractivity contribution in [3.63, 3.8) is 0 Å². The normalized spacial score (nSPS) is 10.2. The molecule has 0 radical (unpaired) electrons. The van der Waals surface area contributed by atoms with Crippen LogP contribution in [0.2, 0.25) is 0 Å². The number of rotatable bonds is 4. The number of hydrogen-bond acceptors (Lipinski definition) is 5. The first-order valence-electron chi connectivity index (χ1n) is 7.79. The fraction of sp³-hybridized carbons (Fsp3) is 0.278. The van der Waals surface area contributed by atoms with Crippen molar-refractivity contribution in [3.05, 3.63) is 51.4 Å². The second kappa shape index (κ2) is 7.94. The van der Waals surface area contributed by atoms with Gasteiger partial charge in [-0.3, -0.25) is 14.9 Å². The van der Waals surface area contributed by atoms with E-state index in [-0.39, 0.29) is 18.1 Å². The van der Waals surface area contributed by atoms with Gasteiger partial charge in [-0.15, -0.1) is 11.3 Å². The number of thiophene rings is 1. The molecule has 2 rings (SSSR count). The van der Waals surface area contributed by atoms with Crippen molar-refractivity contribution in [2.45, 2.75) is 27.7 Å². The number of imide groups is 1. The van der Waals surface area contributed by atoms with E-state index in [1.165, 1.54) is 11.3 Å². The van der Waals surface area contributed by atoms with Crippen LogP contribution in [0.4, 0.5) is 9.80 Å². The van der Waals surface area contributed by atoms with Gasteiger partial charge in [-0.05, 0) is 45.4 Å². The standard InChI is InChI=1S/C18H20N2O4S/c1-5-24-18(23)20-16(22)14-11(3)12(4)25-17(14)19-15(21)13-8-6-7-10(2)9-13/h6-9H,5H2,1-4H3,(H,19,21)(H,20,22,23). The second-order valence-electron chi connectivity index (χ2n) is 5.49. The summed E-state index contributed by atoms with van der Waals surface area (Å²) in [5.74, 6) is -0.907. The summed E-state index contributed by atoms with van der Waals surface area (Å²) in [6.45, 7) is 7.33. The molecule has 0 fully saturated rings. The Balaban J connectivity index is 2.27. The molecule has 132 valence electrons. The van der Waals surface area contributed by atoms with E-state index in [1.807, 2.05) is 19.9 Å². The smallest absolute Gasteiger partial charge is 0.414 e. The fourth-order valence-corrected chi connectivity index (χ4v) is 3.33. The maximum atomic E-state index is 12.5. The lowest BCUT2D eigenvalue weighted by molar-refractivity contribution is 0.0925. The Hall–Kier alpha value is -2.67. The number of anilines is 1. The Kier molecular flexibility index (Phi) is 5.93. The van der Waals surface area contributed by atoms with Crippen LogP contribution < -0.4 is 10.6 Å². The van der Waals surface area contributed by atoms with E-state index in [4.69, 9.17) is 4.74 Å². The third kappa shape index (κ3) is 4.45. The molecule has 25 heavy (non-hydrogen) atoms. The van der Waals surface area contributed by atoms with Gasteiger partial charge in [0.15, 0.2) is 0 Å². The first kappa shape index (κ1) is 18.7. The van der Waals surface area contributed by atoms with Crippen LogP contribution in [0.15, 0.2) is 24.3 Å². The average Bonchev–Trinajstić information content (AvgIpc) is 2.81. The van der Waals surface area contributed by atoms with E-state index in [1.54, 1.807) is 32.0 Å². The molecular weight excluding hydrogens is 340 g/mol. The van der Waals surface area contributed by atoms with Crippen molar-refractivity contribution in [2.75, 3.05) is 11.9 Å². The minimum Gasteiger partial charge on any atom is -0.450 e. The number of benzene rings is 1. The molecule has 7 heteroatoms. The molecule has 0 aliphatic rings. The van der Waals surface area contributed by atoms with Crippen LogP contribution in [-0.2, 0) is 4.74 Å². The van der Waals surface area contributed by atoms with E-state index in [2.05, 4.69) is 10.6 Å². The highest BCUT2D eigenvalue weighted by molar-refractivity contribution is 7.16. The van der Waals surface area contributed by atoms with E-state index < -0.39 is 12.0 Å². The molecule has 1 heterocycles. The van der Waals surface area contributed by atoms with E-state index >= 15 is 0 Å². The molecule has 0 aliphatic carbocycles. The second-order valence-corrected chi connectivity index (χ2v) is 6.71. The summed E-state index contributed by atoms with van der Waals surface area (Å²) in [7, 11) is 0. The summed E-state index contributed by atoms with van der Waals surface area (Å²) in [4.78, 5) is 37.2. The Morgan fingerprint density at radius 1 is 1.12 bits per heavy atom. The molecular formula is C18H20N2O4S. The molecule has 0 saturated carbocycles. The van der Waals surface area contributed by atoms with Crippen LogP contribution in [0.1, 0.15) is 43.6 Å². The number of ether oxygens (including phenoxy) is 1. The summed E-state index contributed by atoms with van der Waals surface area (Å²) >= 11 is 1.29. The summed E-state index contributed by atoms with van der Waals surface area (Å²) in [5.41, 5.74) is 2.45. The molecule has 0 aliphatic heterocycles. The predicted octanol–water partition coefficient (Wildman–Crippen LogP) is 3.81. The highest BCUT2D eigenvalue weighted by Gasteiger charge is 2.23.